The van der Waals surface area contributed by atoms with E-state index in [9.17, 15) is 14.0 Å². The maximum atomic E-state index is 13.3. The summed E-state index contributed by atoms with van der Waals surface area (Å²) in [5, 5.41) is 0.583. The fourth-order valence-electron chi connectivity index (χ4n) is 5.06. The number of nitrogens with zero attached hydrogens (tertiary/aromatic N) is 3. The summed E-state index contributed by atoms with van der Waals surface area (Å²) in [5.41, 5.74) is 1.90. The minimum absolute atomic E-state index is 0.0402. The van der Waals surface area contributed by atoms with Gasteiger partial charge in [0, 0.05) is 56.3 Å². The third-order valence-corrected chi connectivity index (χ3v) is 7.22. The van der Waals surface area contributed by atoms with Crippen LogP contribution in [0.1, 0.15) is 32.3 Å². The van der Waals surface area contributed by atoms with Crippen LogP contribution in [-0.2, 0) is 16.1 Å². The van der Waals surface area contributed by atoms with E-state index in [0.717, 1.165) is 43.7 Å². The molecule has 2 amide bonds. The molecule has 2 saturated heterocycles. The van der Waals surface area contributed by atoms with E-state index >= 15 is 0 Å². The van der Waals surface area contributed by atoms with Crippen LogP contribution < -0.4 is 0 Å². The number of allylic oxidation sites excluding steroid dienone is 3. The molecule has 1 aromatic carbocycles. The fraction of sp³-hybridized carbons (Fsp3) is 0.407. The van der Waals surface area contributed by atoms with Gasteiger partial charge in [0.2, 0.25) is 5.91 Å². The number of carbonyl (C=O) groups is 2. The highest BCUT2D eigenvalue weighted by Crippen LogP contribution is 2.52. The molecule has 0 aromatic heterocycles. The van der Waals surface area contributed by atoms with E-state index in [0.29, 0.717) is 5.03 Å². The number of rotatable bonds is 6. The Balaban J connectivity index is 1.45. The highest BCUT2D eigenvalue weighted by molar-refractivity contribution is 6.31. The number of hydrogen-bond donors (Lipinski definition) is 0. The molecule has 0 N–H and O–H groups in total. The number of hydrogen-bond acceptors (Lipinski definition) is 3. The van der Waals surface area contributed by atoms with Gasteiger partial charge in [-0.25, -0.2) is 4.39 Å². The van der Waals surface area contributed by atoms with Crippen molar-refractivity contribution in [2.24, 2.45) is 5.92 Å². The molecule has 2 fully saturated rings. The van der Waals surface area contributed by atoms with Crippen molar-refractivity contribution in [2.45, 2.75) is 44.8 Å². The lowest BCUT2D eigenvalue weighted by Crippen LogP contribution is -2.39. The maximum absolute atomic E-state index is 13.3. The zero-order chi connectivity index (χ0) is 24.5. The summed E-state index contributed by atoms with van der Waals surface area (Å²) in [6.07, 6.45) is 13.0. The van der Waals surface area contributed by atoms with E-state index in [1.807, 2.05) is 35.3 Å². The lowest BCUT2D eigenvalue weighted by Gasteiger charge is -2.31. The third-order valence-electron chi connectivity index (χ3n) is 6.97. The van der Waals surface area contributed by atoms with Gasteiger partial charge < -0.3 is 4.90 Å². The molecule has 3 aliphatic rings. The predicted octanol–water partition coefficient (Wildman–Crippen LogP) is 4.62. The summed E-state index contributed by atoms with van der Waals surface area (Å²) >= 11 is 6.17. The van der Waals surface area contributed by atoms with Gasteiger partial charge in [0.15, 0.2) is 0 Å². The molecule has 1 spiro atoms. The van der Waals surface area contributed by atoms with Crippen molar-refractivity contribution in [3.05, 3.63) is 82.8 Å². The van der Waals surface area contributed by atoms with E-state index in [2.05, 4.69) is 17.9 Å². The molecule has 0 saturated carbocycles. The van der Waals surface area contributed by atoms with Gasteiger partial charge in [-0.3, -0.25) is 19.4 Å². The number of carbonyl (C=O) groups excluding carboxylic acids is 2. The van der Waals surface area contributed by atoms with Crippen molar-refractivity contribution in [3.63, 3.8) is 0 Å². The van der Waals surface area contributed by atoms with Crippen LogP contribution in [-0.4, -0.2) is 58.2 Å². The highest BCUT2D eigenvalue weighted by atomic mass is 35.5. The Morgan fingerprint density at radius 1 is 1.29 bits per heavy atom. The smallest absolute Gasteiger partial charge is 0.251 e. The quantitative estimate of drug-likeness (QED) is 0.438. The zero-order valence-electron chi connectivity index (χ0n) is 19.9. The molecule has 2 aliphatic heterocycles. The van der Waals surface area contributed by atoms with E-state index in [-0.39, 0.29) is 35.1 Å². The van der Waals surface area contributed by atoms with Crippen molar-refractivity contribution >= 4 is 23.4 Å². The number of likely N-dealkylation sites (tertiary alicyclic amines) is 1. The number of benzene rings is 1. The number of amides is 2. The van der Waals surface area contributed by atoms with Gasteiger partial charge in [-0.2, -0.15) is 0 Å². The average Bonchev–Trinajstić information content (AvgIpc) is 3.20. The Bertz CT molecular complexity index is 1080. The standard InChI is InChI=1S/C27H31ClFN3O2/c1-4-5-25-27(14-15-31(18-27)17-20-6-11-23(29)12-7-20)32(25)26(34)13-9-21-8-10-22(28)16-24(21)30(3)19(2)33/h5-13,16,21,24H,4,14-15,17-18H2,1-3H3/b13-9+,25-5+. The molecule has 7 heteroatoms. The number of halogens is 2. The molecule has 34 heavy (non-hydrogen) atoms. The van der Waals surface area contributed by atoms with Gasteiger partial charge in [0.25, 0.3) is 5.91 Å². The summed E-state index contributed by atoms with van der Waals surface area (Å²) in [7, 11) is 1.74. The molecule has 0 bridgehead atoms. The minimum Gasteiger partial charge on any atom is -0.339 e. The first-order valence-electron chi connectivity index (χ1n) is 11.7. The topological polar surface area (TPSA) is 43.6 Å². The number of likely N-dealkylation sites (N-methyl/N-ethyl adjacent to an activating group) is 1. The Hall–Kier alpha value is -2.70. The largest absolute Gasteiger partial charge is 0.339 e. The molecule has 1 aromatic rings. The Morgan fingerprint density at radius 3 is 2.71 bits per heavy atom. The summed E-state index contributed by atoms with van der Waals surface area (Å²) in [6, 6.07) is 6.37. The average molecular weight is 484 g/mol. The second-order valence-corrected chi connectivity index (χ2v) is 9.69. The Labute approximate surface area is 205 Å². The summed E-state index contributed by atoms with van der Waals surface area (Å²) in [4.78, 5) is 31.0. The van der Waals surface area contributed by atoms with Gasteiger partial charge >= 0.3 is 0 Å². The van der Waals surface area contributed by atoms with E-state index in [1.54, 1.807) is 24.1 Å². The van der Waals surface area contributed by atoms with E-state index < -0.39 is 0 Å². The van der Waals surface area contributed by atoms with Crippen LogP contribution in [0.2, 0.25) is 0 Å². The van der Waals surface area contributed by atoms with Crippen molar-refractivity contribution < 1.29 is 14.0 Å². The van der Waals surface area contributed by atoms with Crippen LogP contribution in [0.5, 0.6) is 0 Å². The first-order valence-corrected chi connectivity index (χ1v) is 12.1. The van der Waals surface area contributed by atoms with Crippen LogP contribution in [0.15, 0.2) is 71.5 Å². The summed E-state index contributed by atoms with van der Waals surface area (Å²) < 4.78 is 13.2. The first kappa shape index (κ1) is 24.4. The molecule has 5 nitrogen and oxygen atoms in total. The second-order valence-electron chi connectivity index (χ2n) is 9.26. The lowest BCUT2D eigenvalue weighted by atomic mass is 9.93. The van der Waals surface area contributed by atoms with Gasteiger partial charge in [0.1, 0.15) is 11.4 Å². The SMILES string of the molecule is CC/C=C1/N(C(=O)/C=C/C2C=CC(Cl)=CC2N(C)C(C)=O)C12CCN(Cc1ccc(F)cc1)C2. The van der Waals surface area contributed by atoms with Crippen molar-refractivity contribution in [3.8, 4) is 0 Å². The van der Waals surface area contributed by atoms with Crippen LogP contribution in [0.4, 0.5) is 4.39 Å². The monoisotopic (exact) mass is 483 g/mol. The van der Waals surface area contributed by atoms with Crippen molar-refractivity contribution in [2.75, 3.05) is 20.1 Å². The van der Waals surface area contributed by atoms with Gasteiger partial charge in [-0.1, -0.05) is 48.9 Å². The highest BCUT2D eigenvalue weighted by Gasteiger charge is 2.62. The first-order chi connectivity index (χ1) is 16.2. The Morgan fingerprint density at radius 2 is 2.03 bits per heavy atom. The Kier molecular flexibility index (Phi) is 7.10. The van der Waals surface area contributed by atoms with E-state index in [4.69, 9.17) is 11.6 Å². The fourth-order valence-corrected chi connectivity index (χ4v) is 5.26. The molecule has 2 heterocycles. The minimum atomic E-state index is -0.251. The van der Waals surface area contributed by atoms with Gasteiger partial charge in [0.05, 0.1) is 6.04 Å². The van der Waals surface area contributed by atoms with Crippen molar-refractivity contribution in [1.82, 2.24) is 14.7 Å². The van der Waals surface area contributed by atoms with Crippen LogP contribution in [0.25, 0.3) is 0 Å². The molecular formula is C27H31ClFN3O2. The third kappa shape index (κ3) is 4.89. The molecular weight excluding hydrogens is 453 g/mol. The lowest BCUT2D eigenvalue weighted by molar-refractivity contribution is -0.129. The van der Waals surface area contributed by atoms with Crippen LogP contribution >= 0.6 is 11.6 Å². The van der Waals surface area contributed by atoms with Gasteiger partial charge in [-0.15, -0.1) is 0 Å². The van der Waals surface area contributed by atoms with Crippen LogP contribution in [0.3, 0.4) is 0 Å². The molecule has 0 radical (unpaired) electrons. The normalized spacial score (nSPS) is 27.6. The molecule has 3 atom stereocenters. The maximum Gasteiger partial charge on any atom is 0.251 e. The van der Waals surface area contributed by atoms with E-state index in [1.165, 1.54) is 19.1 Å². The van der Waals surface area contributed by atoms with Gasteiger partial charge in [-0.05, 0) is 42.7 Å². The molecule has 4 rings (SSSR count). The summed E-state index contributed by atoms with van der Waals surface area (Å²) in [6.45, 7) is 5.98. The van der Waals surface area contributed by atoms with Crippen molar-refractivity contribution in [1.29, 1.82) is 0 Å². The second kappa shape index (κ2) is 9.88. The molecule has 1 aliphatic carbocycles. The molecule has 3 unspecified atom stereocenters. The zero-order valence-corrected chi connectivity index (χ0v) is 20.6. The summed E-state index contributed by atoms with van der Waals surface area (Å²) in [5.74, 6) is -0.464. The molecule has 180 valence electrons. The predicted molar refractivity (Wildman–Crippen MR) is 132 cm³/mol. The van der Waals surface area contributed by atoms with Crippen LogP contribution in [0, 0.1) is 11.7 Å².